The third-order valence-electron chi connectivity index (χ3n) is 3.60. The maximum Gasteiger partial charge on any atom is 0.226 e. The summed E-state index contributed by atoms with van der Waals surface area (Å²) >= 11 is 17.1. The van der Waals surface area contributed by atoms with Gasteiger partial charge in [0.15, 0.2) is 5.11 Å². The Bertz CT molecular complexity index is 836. The van der Waals surface area contributed by atoms with Crippen LogP contribution in [0.25, 0.3) is 0 Å². The summed E-state index contributed by atoms with van der Waals surface area (Å²) in [6.45, 7) is 1.29. The van der Waals surface area contributed by atoms with E-state index < -0.39 is 0 Å². The number of nitrogens with one attached hydrogen (secondary N) is 2. The molecule has 0 saturated heterocycles. The first kappa shape index (κ1) is 23.2. The zero-order valence-corrected chi connectivity index (χ0v) is 18.2. The largest absolute Gasteiger partial charge is 0.492 e. The highest BCUT2D eigenvalue weighted by atomic mass is 35.5. The molecule has 0 heterocycles. The molecule has 0 aliphatic carbocycles. The van der Waals surface area contributed by atoms with E-state index in [2.05, 4.69) is 10.6 Å². The lowest BCUT2D eigenvalue weighted by Gasteiger charge is -2.12. The predicted molar refractivity (Wildman–Crippen MR) is 119 cm³/mol. The van der Waals surface area contributed by atoms with Gasteiger partial charge >= 0.3 is 0 Å². The van der Waals surface area contributed by atoms with Gasteiger partial charge < -0.3 is 24.8 Å². The van der Waals surface area contributed by atoms with E-state index in [-0.39, 0.29) is 17.4 Å². The van der Waals surface area contributed by atoms with Crippen molar-refractivity contribution in [3.8, 4) is 11.5 Å². The van der Waals surface area contributed by atoms with Crippen LogP contribution in [0.4, 0.5) is 5.69 Å². The van der Waals surface area contributed by atoms with E-state index in [9.17, 15) is 4.79 Å². The van der Waals surface area contributed by atoms with Crippen molar-refractivity contribution in [2.45, 2.75) is 12.8 Å². The summed E-state index contributed by atoms with van der Waals surface area (Å²) in [7, 11) is 1.61. The first-order chi connectivity index (χ1) is 14.0. The van der Waals surface area contributed by atoms with Crippen LogP contribution in [0.5, 0.6) is 11.5 Å². The molecule has 0 aromatic heterocycles. The molecular formula is C20H22Cl2N2O4S. The molecule has 2 N–H and O–H groups in total. The second-order valence-electron chi connectivity index (χ2n) is 5.90. The number of halogens is 2. The summed E-state index contributed by atoms with van der Waals surface area (Å²) in [5.41, 5.74) is 0.714. The maximum absolute atomic E-state index is 12.0. The molecule has 29 heavy (non-hydrogen) atoms. The lowest BCUT2D eigenvalue weighted by Crippen LogP contribution is -2.34. The van der Waals surface area contributed by atoms with Gasteiger partial charge in [-0.15, -0.1) is 0 Å². The van der Waals surface area contributed by atoms with Crippen molar-refractivity contribution >= 4 is 52.1 Å². The lowest BCUT2D eigenvalue weighted by molar-refractivity contribution is -0.119. The fraction of sp³-hybridized carbons (Fsp3) is 0.300. The number of anilines is 1. The van der Waals surface area contributed by atoms with Crippen LogP contribution in [0.1, 0.15) is 12.8 Å². The standard InChI is InChI=1S/C20H22Cl2N2O4S/c1-26-10-11-27-16-5-2-4-15(13-16)23-20(29)24-19(25)6-3-9-28-18-8-7-14(21)12-17(18)22/h2,4-5,7-8,12-13H,3,6,9-11H2,1H3,(H2,23,24,25,29). The van der Waals surface area contributed by atoms with Crippen LogP contribution >= 0.6 is 35.4 Å². The second kappa shape index (κ2) is 12.5. The number of hydrogen-bond donors (Lipinski definition) is 2. The highest BCUT2D eigenvalue weighted by Gasteiger charge is 2.07. The van der Waals surface area contributed by atoms with Gasteiger partial charge in [0, 0.05) is 30.3 Å². The number of amides is 1. The number of benzene rings is 2. The van der Waals surface area contributed by atoms with Gasteiger partial charge in [0.05, 0.1) is 18.2 Å². The van der Waals surface area contributed by atoms with Crippen LogP contribution in [0.15, 0.2) is 42.5 Å². The van der Waals surface area contributed by atoms with E-state index in [0.717, 1.165) is 0 Å². The van der Waals surface area contributed by atoms with Crippen LogP contribution in [-0.2, 0) is 9.53 Å². The number of hydrogen-bond acceptors (Lipinski definition) is 5. The normalized spacial score (nSPS) is 10.3. The number of ether oxygens (including phenoxy) is 3. The van der Waals surface area contributed by atoms with Crippen molar-refractivity contribution in [3.63, 3.8) is 0 Å². The molecule has 0 saturated carbocycles. The van der Waals surface area contributed by atoms with Gasteiger partial charge in [-0.05, 0) is 49.0 Å². The Balaban J connectivity index is 1.69. The quantitative estimate of drug-likeness (QED) is 0.399. The molecule has 0 atom stereocenters. The Morgan fingerprint density at radius 1 is 1.07 bits per heavy atom. The van der Waals surface area contributed by atoms with Crippen LogP contribution in [0.2, 0.25) is 10.0 Å². The molecule has 9 heteroatoms. The highest BCUT2D eigenvalue weighted by molar-refractivity contribution is 7.80. The summed E-state index contributed by atoms with van der Waals surface area (Å²) in [4.78, 5) is 12.0. The van der Waals surface area contributed by atoms with Crippen molar-refractivity contribution in [3.05, 3.63) is 52.5 Å². The summed E-state index contributed by atoms with van der Waals surface area (Å²) in [6.07, 6.45) is 0.767. The summed E-state index contributed by atoms with van der Waals surface area (Å²) in [5, 5.41) is 6.78. The Hall–Kier alpha value is -2.06. The topological polar surface area (TPSA) is 68.8 Å². The predicted octanol–water partition coefficient (Wildman–Crippen LogP) is 4.69. The van der Waals surface area contributed by atoms with Gasteiger partial charge in [-0.3, -0.25) is 4.79 Å². The van der Waals surface area contributed by atoms with Crippen molar-refractivity contribution < 1.29 is 19.0 Å². The summed E-state index contributed by atoms with van der Waals surface area (Å²) in [5.74, 6) is 1.00. The smallest absolute Gasteiger partial charge is 0.226 e. The van der Waals surface area contributed by atoms with E-state index >= 15 is 0 Å². The molecule has 0 unspecified atom stereocenters. The SMILES string of the molecule is COCCOc1cccc(NC(=S)NC(=O)CCCOc2ccc(Cl)cc2Cl)c1. The maximum atomic E-state index is 12.0. The third-order valence-corrected chi connectivity index (χ3v) is 4.34. The Labute approximate surface area is 185 Å². The molecule has 0 aliphatic heterocycles. The van der Waals surface area contributed by atoms with Gasteiger partial charge in [0.1, 0.15) is 18.1 Å². The Morgan fingerprint density at radius 3 is 2.66 bits per heavy atom. The van der Waals surface area contributed by atoms with Crippen molar-refractivity contribution in [2.75, 3.05) is 32.2 Å². The van der Waals surface area contributed by atoms with E-state index in [4.69, 9.17) is 49.6 Å². The average Bonchev–Trinajstić information content (AvgIpc) is 2.67. The molecule has 0 radical (unpaired) electrons. The fourth-order valence-electron chi connectivity index (χ4n) is 2.27. The van der Waals surface area contributed by atoms with Crippen molar-refractivity contribution in [1.29, 1.82) is 0 Å². The first-order valence-electron chi connectivity index (χ1n) is 8.88. The summed E-state index contributed by atoms with van der Waals surface area (Å²) in [6, 6.07) is 12.3. The first-order valence-corrected chi connectivity index (χ1v) is 10.0. The van der Waals surface area contributed by atoms with E-state index in [1.54, 1.807) is 31.4 Å². The Kier molecular flexibility index (Phi) is 10.0. The van der Waals surface area contributed by atoms with Gasteiger partial charge in [0.2, 0.25) is 5.91 Å². The van der Waals surface area contributed by atoms with Gasteiger partial charge in [-0.1, -0.05) is 29.3 Å². The monoisotopic (exact) mass is 456 g/mol. The number of methoxy groups -OCH3 is 1. The molecule has 0 bridgehead atoms. The van der Waals surface area contributed by atoms with Crippen molar-refractivity contribution in [2.24, 2.45) is 0 Å². The number of carbonyl (C=O) groups is 1. The van der Waals surface area contributed by atoms with Crippen LogP contribution < -0.4 is 20.1 Å². The Morgan fingerprint density at radius 2 is 1.90 bits per heavy atom. The second-order valence-corrected chi connectivity index (χ2v) is 7.15. The van der Waals surface area contributed by atoms with E-state index in [1.807, 2.05) is 18.2 Å². The minimum atomic E-state index is -0.208. The number of rotatable bonds is 10. The third kappa shape index (κ3) is 8.87. The van der Waals surface area contributed by atoms with Gasteiger partial charge in [-0.2, -0.15) is 0 Å². The average molecular weight is 457 g/mol. The molecule has 1 amide bonds. The molecular weight excluding hydrogens is 435 g/mol. The molecule has 2 aromatic carbocycles. The van der Waals surface area contributed by atoms with E-state index in [0.29, 0.717) is 53.5 Å². The summed E-state index contributed by atoms with van der Waals surface area (Å²) < 4.78 is 16.0. The molecule has 6 nitrogen and oxygen atoms in total. The lowest BCUT2D eigenvalue weighted by atomic mass is 10.3. The molecule has 0 aliphatic rings. The zero-order valence-electron chi connectivity index (χ0n) is 15.9. The van der Waals surface area contributed by atoms with Crippen LogP contribution in [-0.4, -0.2) is 38.0 Å². The molecule has 0 fully saturated rings. The zero-order chi connectivity index (χ0) is 21.1. The minimum absolute atomic E-state index is 0.208. The van der Waals surface area contributed by atoms with Gasteiger partial charge in [-0.25, -0.2) is 0 Å². The molecule has 156 valence electrons. The van der Waals surface area contributed by atoms with Gasteiger partial charge in [0.25, 0.3) is 0 Å². The van der Waals surface area contributed by atoms with Crippen molar-refractivity contribution in [1.82, 2.24) is 5.32 Å². The fourth-order valence-corrected chi connectivity index (χ4v) is 2.96. The van der Waals surface area contributed by atoms with Crippen LogP contribution in [0.3, 0.4) is 0 Å². The van der Waals surface area contributed by atoms with E-state index in [1.165, 1.54) is 0 Å². The number of thiocarbonyl (C=S) groups is 1. The van der Waals surface area contributed by atoms with Crippen LogP contribution in [0, 0.1) is 0 Å². The minimum Gasteiger partial charge on any atom is -0.492 e. The molecule has 2 aromatic rings. The number of carbonyl (C=O) groups excluding carboxylic acids is 1. The highest BCUT2D eigenvalue weighted by Crippen LogP contribution is 2.27. The molecule has 2 rings (SSSR count). The molecule has 0 spiro atoms.